The lowest BCUT2D eigenvalue weighted by Gasteiger charge is -2.13. The van der Waals surface area contributed by atoms with Crippen LogP contribution in [-0.4, -0.2) is 0 Å². The molecule has 0 unspecified atom stereocenters. The molecule has 0 aliphatic carbocycles. The summed E-state index contributed by atoms with van der Waals surface area (Å²) in [6, 6.07) is 13.2. The Hall–Kier alpha value is -2.02. The maximum Gasteiger partial charge on any atom is 0.142 e. The SMILES string of the molecule is Cc1cc(C#N)ccc1COc1c(Cl)cccc1CN. The number of hydrogen-bond donors (Lipinski definition) is 1. The zero-order valence-electron chi connectivity index (χ0n) is 11.2. The van der Waals surface area contributed by atoms with Gasteiger partial charge in [-0.3, -0.25) is 0 Å². The lowest BCUT2D eigenvalue weighted by molar-refractivity contribution is 0.302. The molecule has 102 valence electrons. The van der Waals surface area contributed by atoms with Gasteiger partial charge in [0.1, 0.15) is 12.4 Å². The highest BCUT2D eigenvalue weighted by atomic mass is 35.5. The van der Waals surface area contributed by atoms with Crippen LogP contribution in [0.1, 0.15) is 22.3 Å². The zero-order valence-corrected chi connectivity index (χ0v) is 11.9. The Kier molecular flexibility index (Phi) is 4.62. The summed E-state index contributed by atoms with van der Waals surface area (Å²) in [5.41, 5.74) is 9.24. The minimum absolute atomic E-state index is 0.377. The van der Waals surface area contributed by atoms with E-state index in [-0.39, 0.29) is 0 Å². The third-order valence-electron chi connectivity index (χ3n) is 3.11. The van der Waals surface area contributed by atoms with Gasteiger partial charge in [-0.25, -0.2) is 0 Å². The molecule has 0 saturated carbocycles. The molecule has 0 bridgehead atoms. The first-order valence-corrected chi connectivity index (χ1v) is 6.63. The van der Waals surface area contributed by atoms with Gasteiger partial charge in [-0.05, 0) is 36.2 Å². The van der Waals surface area contributed by atoms with E-state index in [2.05, 4.69) is 6.07 Å². The molecule has 2 aromatic rings. The molecule has 0 radical (unpaired) electrons. The molecular weight excluding hydrogens is 272 g/mol. The maximum absolute atomic E-state index is 8.85. The van der Waals surface area contributed by atoms with Crippen LogP contribution in [0.2, 0.25) is 5.02 Å². The first-order valence-electron chi connectivity index (χ1n) is 6.25. The van der Waals surface area contributed by atoms with Crippen LogP contribution in [-0.2, 0) is 13.2 Å². The molecule has 2 rings (SSSR count). The average molecular weight is 287 g/mol. The van der Waals surface area contributed by atoms with Gasteiger partial charge in [-0.1, -0.05) is 29.8 Å². The number of nitrogens with two attached hydrogens (primary N) is 1. The molecular formula is C16H15ClN2O. The zero-order chi connectivity index (χ0) is 14.5. The van der Waals surface area contributed by atoms with Gasteiger partial charge in [-0.15, -0.1) is 0 Å². The number of ether oxygens (including phenoxy) is 1. The van der Waals surface area contributed by atoms with Crippen molar-refractivity contribution in [2.75, 3.05) is 0 Å². The van der Waals surface area contributed by atoms with Crippen molar-refractivity contribution >= 4 is 11.6 Å². The van der Waals surface area contributed by atoms with Crippen molar-refractivity contribution in [1.82, 2.24) is 0 Å². The Labute approximate surface area is 123 Å². The number of nitriles is 1. The van der Waals surface area contributed by atoms with Crippen LogP contribution in [0, 0.1) is 18.3 Å². The van der Waals surface area contributed by atoms with Crippen molar-refractivity contribution in [3.8, 4) is 11.8 Å². The monoisotopic (exact) mass is 286 g/mol. The van der Waals surface area contributed by atoms with Crippen LogP contribution < -0.4 is 10.5 Å². The largest absolute Gasteiger partial charge is 0.487 e. The molecule has 0 amide bonds. The Balaban J connectivity index is 2.19. The molecule has 0 aliphatic heterocycles. The molecule has 0 spiro atoms. The fourth-order valence-corrected chi connectivity index (χ4v) is 2.20. The van der Waals surface area contributed by atoms with E-state index < -0.39 is 0 Å². The minimum atomic E-state index is 0.377. The summed E-state index contributed by atoms with van der Waals surface area (Å²) in [5, 5.41) is 9.41. The Morgan fingerprint density at radius 3 is 2.70 bits per heavy atom. The summed E-state index contributed by atoms with van der Waals surface area (Å²) < 4.78 is 5.80. The number of hydrogen-bond acceptors (Lipinski definition) is 3. The van der Waals surface area contributed by atoms with E-state index in [1.54, 1.807) is 12.1 Å². The molecule has 0 aliphatic rings. The van der Waals surface area contributed by atoms with Gasteiger partial charge < -0.3 is 10.5 Å². The Bertz CT molecular complexity index is 662. The van der Waals surface area contributed by atoms with Crippen molar-refractivity contribution in [3.63, 3.8) is 0 Å². The van der Waals surface area contributed by atoms with Crippen molar-refractivity contribution in [3.05, 3.63) is 63.7 Å². The van der Waals surface area contributed by atoms with Gasteiger partial charge >= 0.3 is 0 Å². The molecule has 0 atom stereocenters. The highest BCUT2D eigenvalue weighted by Crippen LogP contribution is 2.29. The molecule has 0 aromatic heterocycles. The summed E-state index contributed by atoms with van der Waals surface area (Å²) in [5.74, 6) is 0.625. The summed E-state index contributed by atoms with van der Waals surface area (Å²) in [6.45, 7) is 2.73. The predicted molar refractivity (Wildman–Crippen MR) is 79.6 cm³/mol. The van der Waals surface area contributed by atoms with E-state index in [0.29, 0.717) is 29.5 Å². The third kappa shape index (κ3) is 3.11. The second kappa shape index (κ2) is 6.42. The van der Waals surface area contributed by atoms with E-state index in [4.69, 9.17) is 27.3 Å². The summed E-state index contributed by atoms with van der Waals surface area (Å²) in [6.07, 6.45) is 0. The molecule has 4 heteroatoms. The summed E-state index contributed by atoms with van der Waals surface area (Å²) >= 11 is 6.14. The molecule has 0 saturated heterocycles. The smallest absolute Gasteiger partial charge is 0.142 e. The molecule has 0 heterocycles. The fraction of sp³-hybridized carbons (Fsp3) is 0.188. The number of aryl methyl sites for hydroxylation is 1. The first-order chi connectivity index (χ1) is 9.65. The molecule has 0 fully saturated rings. The van der Waals surface area contributed by atoms with Gasteiger partial charge in [0.25, 0.3) is 0 Å². The van der Waals surface area contributed by atoms with Gasteiger partial charge in [0.05, 0.1) is 16.7 Å². The number of nitrogens with zero attached hydrogens (tertiary/aromatic N) is 1. The second-order valence-electron chi connectivity index (χ2n) is 4.47. The predicted octanol–water partition coefficient (Wildman–Crippen LogP) is 3.56. The highest BCUT2D eigenvalue weighted by molar-refractivity contribution is 6.32. The molecule has 20 heavy (non-hydrogen) atoms. The van der Waals surface area contributed by atoms with E-state index in [1.165, 1.54) is 0 Å². The van der Waals surface area contributed by atoms with E-state index in [9.17, 15) is 0 Å². The van der Waals surface area contributed by atoms with Crippen molar-refractivity contribution < 1.29 is 4.74 Å². The minimum Gasteiger partial charge on any atom is -0.487 e. The van der Waals surface area contributed by atoms with Crippen LogP contribution >= 0.6 is 11.6 Å². The Morgan fingerprint density at radius 2 is 2.05 bits per heavy atom. The number of benzene rings is 2. The highest BCUT2D eigenvalue weighted by Gasteiger charge is 2.08. The van der Waals surface area contributed by atoms with Crippen LogP contribution in [0.15, 0.2) is 36.4 Å². The van der Waals surface area contributed by atoms with Gasteiger partial charge in [0.2, 0.25) is 0 Å². The molecule has 2 aromatic carbocycles. The third-order valence-corrected chi connectivity index (χ3v) is 3.41. The van der Waals surface area contributed by atoms with Crippen LogP contribution in [0.25, 0.3) is 0 Å². The quantitative estimate of drug-likeness (QED) is 0.935. The number of rotatable bonds is 4. The van der Waals surface area contributed by atoms with Crippen LogP contribution in [0.5, 0.6) is 5.75 Å². The topological polar surface area (TPSA) is 59.0 Å². The second-order valence-corrected chi connectivity index (χ2v) is 4.88. The molecule has 2 N–H and O–H groups in total. The van der Waals surface area contributed by atoms with Crippen LogP contribution in [0.4, 0.5) is 0 Å². The summed E-state index contributed by atoms with van der Waals surface area (Å²) in [4.78, 5) is 0. The van der Waals surface area contributed by atoms with Gasteiger partial charge in [0.15, 0.2) is 0 Å². The van der Waals surface area contributed by atoms with Gasteiger partial charge in [-0.2, -0.15) is 5.26 Å². The first kappa shape index (κ1) is 14.4. The van der Waals surface area contributed by atoms with E-state index in [0.717, 1.165) is 16.7 Å². The van der Waals surface area contributed by atoms with E-state index >= 15 is 0 Å². The fourth-order valence-electron chi connectivity index (χ4n) is 1.95. The van der Waals surface area contributed by atoms with Crippen molar-refractivity contribution in [1.29, 1.82) is 5.26 Å². The lowest BCUT2D eigenvalue weighted by atomic mass is 10.1. The van der Waals surface area contributed by atoms with Crippen molar-refractivity contribution in [2.24, 2.45) is 5.73 Å². The Morgan fingerprint density at radius 1 is 1.25 bits per heavy atom. The van der Waals surface area contributed by atoms with E-state index in [1.807, 2.05) is 31.2 Å². The number of halogens is 1. The van der Waals surface area contributed by atoms with Crippen LogP contribution in [0.3, 0.4) is 0 Å². The number of para-hydroxylation sites is 1. The normalized spacial score (nSPS) is 10.1. The summed E-state index contributed by atoms with van der Waals surface area (Å²) in [7, 11) is 0. The maximum atomic E-state index is 8.85. The lowest BCUT2D eigenvalue weighted by Crippen LogP contribution is -2.04. The average Bonchev–Trinajstić information content (AvgIpc) is 2.46. The van der Waals surface area contributed by atoms with Gasteiger partial charge in [0, 0.05) is 12.1 Å². The molecule has 3 nitrogen and oxygen atoms in total. The van der Waals surface area contributed by atoms with Crippen molar-refractivity contribution in [2.45, 2.75) is 20.1 Å². The standard InChI is InChI=1S/C16H15ClN2O/c1-11-7-12(8-18)5-6-14(11)10-20-16-13(9-19)3-2-4-15(16)17/h2-7H,9-10,19H2,1H3.